The van der Waals surface area contributed by atoms with Gasteiger partial charge < -0.3 is 10.6 Å². The number of nitrogens with zero attached hydrogens (tertiary/aromatic N) is 2. The molecule has 2 heterocycles. The highest BCUT2D eigenvalue weighted by molar-refractivity contribution is 5.22. The van der Waals surface area contributed by atoms with Gasteiger partial charge in [-0.1, -0.05) is 0 Å². The van der Waals surface area contributed by atoms with Gasteiger partial charge in [-0.15, -0.1) is 0 Å². The summed E-state index contributed by atoms with van der Waals surface area (Å²) in [6.45, 7) is 2.96. The molecule has 0 aliphatic carbocycles. The molecule has 0 bridgehead atoms. The smallest absolute Gasteiger partial charge is 0.222 e. The SMILES string of the molecule is Fc1cnc(NC[C@@H]2CCNC2)nc1. The molecule has 1 saturated heterocycles. The van der Waals surface area contributed by atoms with Crippen molar-refractivity contribution < 1.29 is 4.39 Å². The number of hydrogen-bond donors (Lipinski definition) is 2. The van der Waals surface area contributed by atoms with Crippen molar-refractivity contribution in [2.75, 3.05) is 25.0 Å². The fourth-order valence-electron chi connectivity index (χ4n) is 1.53. The van der Waals surface area contributed by atoms with Gasteiger partial charge in [0.25, 0.3) is 0 Å². The van der Waals surface area contributed by atoms with Crippen LogP contribution in [0.15, 0.2) is 12.4 Å². The van der Waals surface area contributed by atoms with Crippen LogP contribution in [0.1, 0.15) is 6.42 Å². The number of hydrogen-bond acceptors (Lipinski definition) is 4. The minimum atomic E-state index is -0.405. The Morgan fingerprint density at radius 3 is 2.93 bits per heavy atom. The van der Waals surface area contributed by atoms with Crippen LogP contribution in [-0.4, -0.2) is 29.6 Å². The van der Waals surface area contributed by atoms with Crippen molar-refractivity contribution >= 4 is 5.95 Å². The van der Waals surface area contributed by atoms with Gasteiger partial charge in [-0.05, 0) is 25.4 Å². The van der Waals surface area contributed by atoms with Gasteiger partial charge in [0.05, 0.1) is 12.4 Å². The highest BCUT2D eigenvalue weighted by atomic mass is 19.1. The lowest BCUT2D eigenvalue weighted by Crippen LogP contribution is -2.18. The van der Waals surface area contributed by atoms with E-state index in [1.165, 1.54) is 18.8 Å². The van der Waals surface area contributed by atoms with E-state index in [9.17, 15) is 4.39 Å². The van der Waals surface area contributed by atoms with Crippen LogP contribution < -0.4 is 10.6 Å². The summed E-state index contributed by atoms with van der Waals surface area (Å²) in [7, 11) is 0. The number of halogens is 1. The summed E-state index contributed by atoms with van der Waals surface area (Å²) in [4.78, 5) is 7.64. The Morgan fingerprint density at radius 1 is 1.50 bits per heavy atom. The molecule has 1 aliphatic heterocycles. The topological polar surface area (TPSA) is 49.8 Å². The zero-order valence-corrected chi connectivity index (χ0v) is 7.83. The van der Waals surface area contributed by atoms with Gasteiger partial charge in [0.1, 0.15) is 0 Å². The largest absolute Gasteiger partial charge is 0.354 e. The van der Waals surface area contributed by atoms with Gasteiger partial charge in [0.15, 0.2) is 5.82 Å². The van der Waals surface area contributed by atoms with E-state index in [1.54, 1.807) is 0 Å². The second-order valence-corrected chi connectivity index (χ2v) is 3.46. The number of anilines is 1. The summed E-state index contributed by atoms with van der Waals surface area (Å²) >= 11 is 0. The van der Waals surface area contributed by atoms with Crippen LogP contribution in [0.5, 0.6) is 0 Å². The third kappa shape index (κ3) is 2.38. The van der Waals surface area contributed by atoms with E-state index < -0.39 is 5.82 Å². The van der Waals surface area contributed by atoms with Crippen LogP contribution in [0, 0.1) is 11.7 Å². The van der Waals surface area contributed by atoms with Crippen LogP contribution in [0.4, 0.5) is 10.3 Å². The Morgan fingerprint density at radius 2 is 2.29 bits per heavy atom. The molecule has 0 unspecified atom stereocenters. The van der Waals surface area contributed by atoms with Crippen molar-refractivity contribution in [1.29, 1.82) is 0 Å². The van der Waals surface area contributed by atoms with Crippen molar-refractivity contribution in [3.8, 4) is 0 Å². The van der Waals surface area contributed by atoms with Gasteiger partial charge in [0, 0.05) is 6.54 Å². The van der Waals surface area contributed by atoms with E-state index in [2.05, 4.69) is 20.6 Å². The third-order valence-electron chi connectivity index (χ3n) is 2.33. The number of aromatic nitrogens is 2. The molecule has 0 amide bonds. The van der Waals surface area contributed by atoms with Crippen molar-refractivity contribution in [1.82, 2.24) is 15.3 Å². The lowest BCUT2D eigenvalue weighted by molar-refractivity contribution is 0.603. The second-order valence-electron chi connectivity index (χ2n) is 3.46. The first-order valence-electron chi connectivity index (χ1n) is 4.77. The monoisotopic (exact) mass is 196 g/mol. The predicted octanol–water partition coefficient (Wildman–Crippen LogP) is 0.637. The molecule has 76 valence electrons. The predicted molar refractivity (Wildman–Crippen MR) is 51.5 cm³/mol. The van der Waals surface area contributed by atoms with Crippen molar-refractivity contribution in [2.45, 2.75) is 6.42 Å². The Labute approximate surface area is 82.0 Å². The van der Waals surface area contributed by atoms with Crippen molar-refractivity contribution in [3.63, 3.8) is 0 Å². The maximum absolute atomic E-state index is 12.5. The molecular weight excluding hydrogens is 183 g/mol. The van der Waals surface area contributed by atoms with Crippen LogP contribution >= 0.6 is 0 Å². The molecule has 2 rings (SSSR count). The van der Waals surface area contributed by atoms with E-state index in [4.69, 9.17) is 0 Å². The quantitative estimate of drug-likeness (QED) is 0.744. The van der Waals surface area contributed by atoms with Crippen LogP contribution in [0.2, 0.25) is 0 Å². The van der Waals surface area contributed by atoms with E-state index in [1.807, 2.05) is 0 Å². The highest BCUT2D eigenvalue weighted by Crippen LogP contribution is 2.08. The lowest BCUT2D eigenvalue weighted by Gasteiger charge is -2.08. The Hall–Kier alpha value is -1.23. The Kier molecular flexibility index (Phi) is 2.88. The fraction of sp³-hybridized carbons (Fsp3) is 0.556. The Bertz CT molecular complexity index is 281. The maximum Gasteiger partial charge on any atom is 0.222 e. The highest BCUT2D eigenvalue weighted by Gasteiger charge is 2.13. The molecule has 2 N–H and O–H groups in total. The standard InChI is InChI=1S/C9H13FN4/c10-8-5-13-9(14-6-8)12-4-7-1-2-11-3-7/h5-7,11H,1-4H2,(H,12,13,14)/t7-/m1/s1. The molecule has 4 nitrogen and oxygen atoms in total. The summed E-state index contributed by atoms with van der Waals surface area (Å²) in [6.07, 6.45) is 3.51. The zero-order chi connectivity index (χ0) is 9.80. The van der Waals surface area contributed by atoms with Crippen molar-refractivity contribution in [2.24, 2.45) is 5.92 Å². The van der Waals surface area contributed by atoms with E-state index >= 15 is 0 Å². The minimum Gasteiger partial charge on any atom is -0.354 e. The zero-order valence-electron chi connectivity index (χ0n) is 7.83. The molecule has 14 heavy (non-hydrogen) atoms. The number of rotatable bonds is 3. The molecule has 1 aromatic rings. The minimum absolute atomic E-state index is 0.405. The first-order valence-corrected chi connectivity index (χ1v) is 4.77. The molecule has 0 saturated carbocycles. The maximum atomic E-state index is 12.5. The molecule has 0 spiro atoms. The van der Waals surface area contributed by atoms with Gasteiger partial charge in [-0.25, -0.2) is 14.4 Å². The second kappa shape index (κ2) is 4.32. The average molecular weight is 196 g/mol. The summed E-state index contributed by atoms with van der Waals surface area (Å²) in [6, 6.07) is 0. The third-order valence-corrected chi connectivity index (χ3v) is 2.33. The van der Waals surface area contributed by atoms with Gasteiger partial charge >= 0.3 is 0 Å². The molecule has 1 fully saturated rings. The first-order chi connectivity index (χ1) is 6.84. The Balaban J connectivity index is 1.82. The fourth-order valence-corrected chi connectivity index (χ4v) is 1.53. The average Bonchev–Trinajstić information content (AvgIpc) is 2.70. The van der Waals surface area contributed by atoms with Crippen LogP contribution in [0.25, 0.3) is 0 Å². The lowest BCUT2D eigenvalue weighted by atomic mass is 10.1. The number of nitrogens with one attached hydrogen (secondary N) is 2. The summed E-state index contributed by atoms with van der Waals surface area (Å²) in [5, 5.41) is 6.36. The molecule has 1 aliphatic rings. The normalized spacial score (nSPS) is 21.1. The van der Waals surface area contributed by atoms with E-state index in [0.29, 0.717) is 11.9 Å². The van der Waals surface area contributed by atoms with Gasteiger partial charge in [-0.2, -0.15) is 0 Å². The molecular formula is C9H13FN4. The molecule has 0 aromatic carbocycles. The molecule has 1 aromatic heterocycles. The molecule has 0 radical (unpaired) electrons. The van der Waals surface area contributed by atoms with Gasteiger partial charge in [0.2, 0.25) is 5.95 Å². The summed E-state index contributed by atoms with van der Waals surface area (Å²) < 4.78 is 12.5. The molecule has 1 atom stereocenters. The summed E-state index contributed by atoms with van der Waals surface area (Å²) in [5.74, 6) is 0.722. The first kappa shape index (κ1) is 9.33. The van der Waals surface area contributed by atoms with Gasteiger partial charge in [-0.3, -0.25) is 0 Å². The van der Waals surface area contributed by atoms with E-state index in [0.717, 1.165) is 19.6 Å². The van der Waals surface area contributed by atoms with Crippen molar-refractivity contribution in [3.05, 3.63) is 18.2 Å². The summed E-state index contributed by atoms with van der Waals surface area (Å²) in [5.41, 5.74) is 0. The molecule has 5 heteroatoms. The van der Waals surface area contributed by atoms with Crippen LogP contribution in [0.3, 0.4) is 0 Å². The van der Waals surface area contributed by atoms with Crippen LogP contribution in [-0.2, 0) is 0 Å². The van der Waals surface area contributed by atoms with E-state index in [-0.39, 0.29) is 0 Å².